The number of hydrogen-bond acceptors (Lipinski definition) is 3. The molecule has 23 heavy (non-hydrogen) atoms. The fraction of sp³-hybridized carbons (Fsp3) is 0.222. The maximum atomic E-state index is 11.5. The first-order chi connectivity index (χ1) is 11.1. The van der Waals surface area contributed by atoms with Gasteiger partial charge < -0.3 is 4.74 Å². The van der Waals surface area contributed by atoms with E-state index in [1.54, 1.807) is 6.21 Å². The molecule has 0 aliphatic carbocycles. The van der Waals surface area contributed by atoms with Crippen molar-refractivity contribution in [3.05, 3.63) is 64.7 Å². The highest BCUT2D eigenvalue weighted by molar-refractivity contribution is 6.30. The standard InChI is InChI=1S/C18H19ClN2O2/c1-13(2)18(22)21-20-11-15-5-3-4-6-17(15)23-12-14-7-9-16(19)10-8-14/h3-11,13H,12H2,1-2H3,(H,21,22)/b20-11+. The zero-order valence-corrected chi connectivity index (χ0v) is 13.9. The van der Waals surface area contributed by atoms with Gasteiger partial charge in [0.1, 0.15) is 12.4 Å². The van der Waals surface area contributed by atoms with Gasteiger partial charge in [-0.2, -0.15) is 5.10 Å². The third kappa shape index (κ3) is 5.42. The molecule has 0 aliphatic rings. The van der Waals surface area contributed by atoms with Gasteiger partial charge in [-0.25, -0.2) is 5.43 Å². The second-order valence-corrected chi connectivity index (χ2v) is 5.78. The van der Waals surface area contributed by atoms with Crippen molar-refractivity contribution in [1.29, 1.82) is 0 Å². The van der Waals surface area contributed by atoms with Gasteiger partial charge >= 0.3 is 0 Å². The highest BCUT2D eigenvalue weighted by Crippen LogP contribution is 2.18. The van der Waals surface area contributed by atoms with Gasteiger partial charge in [-0.3, -0.25) is 4.79 Å². The Bertz CT molecular complexity index is 682. The van der Waals surface area contributed by atoms with Crippen molar-refractivity contribution in [1.82, 2.24) is 5.43 Å². The minimum absolute atomic E-state index is 0.108. The Morgan fingerprint density at radius 3 is 2.61 bits per heavy atom. The number of amides is 1. The monoisotopic (exact) mass is 330 g/mol. The molecule has 0 spiro atoms. The minimum Gasteiger partial charge on any atom is -0.488 e. The normalized spacial score (nSPS) is 11.0. The number of hydrogen-bond donors (Lipinski definition) is 1. The fourth-order valence-electron chi connectivity index (χ4n) is 1.75. The fourth-order valence-corrected chi connectivity index (χ4v) is 1.88. The van der Waals surface area contributed by atoms with E-state index in [2.05, 4.69) is 10.5 Å². The number of carbonyl (C=O) groups is 1. The van der Waals surface area contributed by atoms with E-state index >= 15 is 0 Å². The zero-order valence-electron chi connectivity index (χ0n) is 13.1. The SMILES string of the molecule is CC(C)C(=O)N/N=C/c1ccccc1OCc1ccc(Cl)cc1. The van der Waals surface area contributed by atoms with Crippen LogP contribution in [0.25, 0.3) is 0 Å². The highest BCUT2D eigenvalue weighted by Gasteiger charge is 2.05. The topological polar surface area (TPSA) is 50.7 Å². The van der Waals surface area contributed by atoms with Gasteiger partial charge in [0.25, 0.3) is 0 Å². The number of carbonyl (C=O) groups excluding carboxylic acids is 1. The average molecular weight is 331 g/mol. The summed E-state index contributed by atoms with van der Waals surface area (Å²) < 4.78 is 5.82. The minimum atomic E-state index is -0.124. The summed E-state index contributed by atoms with van der Waals surface area (Å²) in [4.78, 5) is 11.5. The largest absolute Gasteiger partial charge is 0.488 e. The van der Waals surface area contributed by atoms with Crippen LogP contribution >= 0.6 is 11.6 Å². The summed E-state index contributed by atoms with van der Waals surface area (Å²) in [5, 5.41) is 4.66. The van der Waals surface area contributed by atoms with Crippen molar-refractivity contribution in [2.24, 2.45) is 11.0 Å². The Hall–Kier alpha value is -2.33. The maximum absolute atomic E-state index is 11.5. The molecule has 2 aromatic rings. The van der Waals surface area contributed by atoms with Gasteiger partial charge in [0.15, 0.2) is 0 Å². The molecule has 0 fully saturated rings. The van der Waals surface area contributed by atoms with Crippen molar-refractivity contribution >= 4 is 23.7 Å². The van der Waals surface area contributed by atoms with Gasteiger partial charge in [0.2, 0.25) is 5.91 Å². The maximum Gasteiger partial charge on any atom is 0.242 e. The van der Waals surface area contributed by atoms with Crippen LogP contribution < -0.4 is 10.2 Å². The van der Waals surface area contributed by atoms with Gasteiger partial charge in [-0.15, -0.1) is 0 Å². The van der Waals surface area contributed by atoms with Crippen molar-refractivity contribution in [3.63, 3.8) is 0 Å². The summed E-state index contributed by atoms with van der Waals surface area (Å²) in [6, 6.07) is 15.0. The molecule has 4 nitrogen and oxygen atoms in total. The molecule has 2 aromatic carbocycles. The smallest absolute Gasteiger partial charge is 0.242 e. The lowest BCUT2D eigenvalue weighted by Gasteiger charge is -2.09. The Labute approximate surface area is 141 Å². The van der Waals surface area contributed by atoms with E-state index in [9.17, 15) is 4.79 Å². The number of ether oxygens (including phenoxy) is 1. The van der Waals surface area contributed by atoms with Crippen LogP contribution in [-0.2, 0) is 11.4 Å². The van der Waals surface area contributed by atoms with E-state index in [4.69, 9.17) is 16.3 Å². The van der Waals surface area contributed by atoms with E-state index in [1.807, 2.05) is 62.4 Å². The molecule has 0 bridgehead atoms. The Kier molecular flexibility index (Phi) is 6.18. The number of hydrazone groups is 1. The summed E-state index contributed by atoms with van der Waals surface area (Å²) in [7, 11) is 0. The molecule has 0 saturated heterocycles. The van der Waals surface area contributed by atoms with Gasteiger partial charge in [-0.05, 0) is 29.8 Å². The van der Waals surface area contributed by atoms with E-state index in [0.717, 1.165) is 11.1 Å². The third-order valence-electron chi connectivity index (χ3n) is 3.13. The summed E-state index contributed by atoms with van der Waals surface area (Å²) in [5.74, 6) is 0.467. The molecule has 5 heteroatoms. The first-order valence-corrected chi connectivity index (χ1v) is 7.73. The average Bonchev–Trinajstić information content (AvgIpc) is 2.55. The Balaban J connectivity index is 2.01. The van der Waals surface area contributed by atoms with Crippen LogP contribution in [0.2, 0.25) is 5.02 Å². The number of para-hydroxylation sites is 1. The van der Waals surface area contributed by atoms with Crippen LogP contribution in [0, 0.1) is 5.92 Å². The van der Waals surface area contributed by atoms with Gasteiger partial charge in [-0.1, -0.05) is 49.7 Å². The van der Waals surface area contributed by atoms with Crippen LogP contribution in [-0.4, -0.2) is 12.1 Å². The first-order valence-electron chi connectivity index (χ1n) is 7.35. The van der Waals surface area contributed by atoms with Gasteiger partial charge in [0.05, 0.1) is 6.21 Å². The van der Waals surface area contributed by atoms with E-state index in [1.165, 1.54) is 0 Å². The van der Waals surface area contributed by atoms with E-state index in [0.29, 0.717) is 17.4 Å². The predicted molar refractivity (Wildman–Crippen MR) is 92.8 cm³/mol. The lowest BCUT2D eigenvalue weighted by atomic mass is 10.2. The molecule has 120 valence electrons. The van der Waals surface area contributed by atoms with Crippen molar-refractivity contribution in [3.8, 4) is 5.75 Å². The van der Waals surface area contributed by atoms with E-state index in [-0.39, 0.29) is 11.8 Å². The summed E-state index contributed by atoms with van der Waals surface area (Å²) in [6.45, 7) is 4.06. The number of nitrogens with one attached hydrogen (secondary N) is 1. The number of benzene rings is 2. The quantitative estimate of drug-likeness (QED) is 0.642. The predicted octanol–water partition coefficient (Wildman–Crippen LogP) is 4.03. The number of nitrogens with zero attached hydrogens (tertiary/aromatic N) is 1. The molecular formula is C18H19ClN2O2. The molecule has 0 radical (unpaired) electrons. The van der Waals surface area contributed by atoms with Crippen molar-refractivity contribution in [2.45, 2.75) is 20.5 Å². The molecule has 1 amide bonds. The highest BCUT2D eigenvalue weighted by atomic mass is 35.5. The number of halogens is 1. The molecule has 0 aromatic heterocycles. The van der Waals surface area contributed by atoms with Crippen LogP contribution in [0.3, 0.4) is 0 Å². The molecule has 0 atom stereocenters. The third-order valence-corrected chi connectivity index (χ3v) is 3.38. The van der Waals surface area contributed by atoms with Crippen LogP contribution in [0.5, 0.6) is 5.75 Å². The first kappa shape index (κ1) is 17.0. The second-order valence-electron chi connectivity index (χ2n) is 5.34. The molecule has 1 N–H and O–H groups in total. The lowest BCUT2D eigenvalue weighted by Crippen LogP contribution is -2.22. The van der Waals surface area contributed by atoms with Gasteiger partial charge in [0, 0.05) is 16.5 Å². The van der Waals surface area contributed by atoms with E-state index < -0.39 is 0 Å². The van der Waals surface area contributed by atoms with Crippen molar-refractivity contribution in [2.75, 3.05) is 0 Å². The van der Waals surface area contributed by atoms with Crippen molar-refractivity contribution < 1.29 is 9.53 Å². The molecular weight excluding hydrogens is 312 g/mol. The summed E-state index contributed by atoms with van der Waals surface area (Å²) >= 11 is 5.87. The summed E-state index contributed by atoms with van der Waals surface area (Å²) in [6.07, 6.45) is 1.58. The molecule has 0 saturated carbocycles. The number of rotatable bonds is 6. The lowest BCUT2D eigenvalue weighted by molar-refractivity contribution is -0.123. The molecule has 0 unspecified atom stereocenters. The molecule has 0 aliphatic heterocycles. The zero-order chi connectivity index (χ0) is 16.7. The molecule has 2 rings (SSSR count). The summed E-state index contributed by atoms with van der Waals surface area (Å²) in [5.41, 5.74) is 4.32. The van der Waals surface area contributed by atoms with Crippen LogP contribution in [0.4, 0.5) is 0 Å². The molecule has 0 heterocycles. The Morgan fingerprint density at radius 2 is 1.91 bits per heavy atom. The van der Waals surface area contributed by atoms with Crippen LogP contribution in [0.1, 0.15) is 25.0 Å². The van der Waals surface area contributed by atoms with Crippen LogP contribution in [0.15, 0.2) is 53.6 Å². The second kappa shape index (κ2) is 8.34. The Morgan fingerprint density at radius 1 is 1.22 bits per heavy atom.